The molecule has 1 fully saturated rings. The van der Waals surface area contributed by atoms with Crippen molar-refractivity contribution in [1.82, 2.24) is 0 Å². The Morgan fingerprint density at radius 2 is 2.58 bits per heavy atom. The van der Waals surface area contributed by atoms with Gasteiger partial charge in [-0.2, -0.15) is 0 Å². The van der Waals surface area contributed by atoms with E-state index in [4.69, 9.17) is 9.47 Å². The lowest BCUT2D eigenvalue weighted by molar-refractivity contribution is 0.0660. The highest BCUT2D eigenvalue weighted by molar-refractivity contribution is 9.09. The number of alkyl halides is 1. The first-order valence-electron chi connectivity index (χ1n) is 3.92. The van der Waals surface area contributed by atoms with E-state index in [2.05, 4.69) is 22.5 Å². The highest BCUT2D eigenvalue weighted by atomic mass is 79.9. The minimum absolute atomic E-state index is 0.137. The molecule has 0 radical (unpaired) electrons. The van der Waals surface area contributed by atoms with Crippen LogP contribution in [0.3, 0.4) is 0 Å². The molecule has 70 valence electrons. The molecule has 0 aromatic carbocycles. The zero-order valence-electron chi connectivity index (χ0n) is 6.92. The van der Waals surface area contributed by atoms with Gasteiger partial charge in [-0.1, -0.05) is 22.5 Å². The molecule has 1 atom stereocenters. The first-order valence-corrected chi connectivity index (χ1v) is 6.09. The van der Waals surface area contributed by atoms with Crippen LogP contribution in [0.5, 0.6) is 0 Å². The van der Waals surface area contributed by atoms with Crippen LogP contribution in [0.4, 0.5) is 0 Å². The van der Waals surface area contributed by atoms with Crippen LogP contribution in [0.2, 0.25) is 0 Å². The molecule has 1 aliphatic heterocycles. The molecule has 12 heavy (non-hydrogen) atoms. The maximum absolute atomic E-state index is 5.52. The maximum atomic E-state index is 5.52. The molecule has 0 aliphatic carbocycles. The van der Waals surface area contributed by atoms with Crippen LogP contribution >= 0.6 is 27.7 Å². The van der Waals surface area contributed by atoms with E-state index in [1.54, 1.807) is 11.8 Å². The van der Waals surface area contributed by atoms with Crippen molar-refractivity contribution in [2.24, 2.45) is 0 Å². The Bertz CT molecular complexity index is 144. The van der Waals surface area contributed by atoms with Crippen molar-refractivity contribution in [2.75, 3.05) is 24.3 Å². The largest absolute Gasteiger partial charge is 0.481 e. The number of hydrogen-bond donors (Lipinski definition) is 0. The third kappa shape index (κ3) is 3.83. The predicted molar refractivity (Wildman–Crippen MR) is 55.7 cm³/mol. The van der Waals surface area contributed by atoms with Gasteiger partial charge >= 0.3 is 0 Å². The van der Waals surface area contributed by atoms with Gasteiger partial charge in [-0.3, -0.25) is 0 Å². The van der Waals surface area contributed by atoms with Gasteiger partial charge in [-0.15, -0.1) is 11.8 Å². The van der Waals surface area contributed by atoms with Crippen LogP contribution < -0.4 is 0 Å². The summed E-state index contributed by atoms with van der Waals surface area (Å²) in [5.41, 5.74) is 0.137. The summed E-state index contributed by atoms with van der Waals surface area (Å²) in [5.74, 6) is 1.89. The lowest BCUT2D eigenvalue weighted by Gasteiger charge is -2.16. The number of ether oxygens (including phenoxy) is 2. The zero-order chi connectivity index (χ0) is 8.81. The van der Waals surface area contributed by atoms with Crippen LogP contribution in [-0.4, -0.2) is 29.7 Å². The highest BCUT2D eigenvalue weighted by Crippen LogP contribution is 2.20. The third-order valence-electron chi connectivity index (χ3n) is 1.44. The molecular weight excluding hydrogens is 240 g/mol. The SMILES string of the molecule is C=C(CBr)OC1COCCCS1. The molecule has 0 amide bonds. The number of rotatable bonds is 3. The molecule has 1 rings (SSSR count). The number of halogens is 1. The molecule has 0 N–H and O–H groups in total. The number of thioether (sulfide) groups is 1. The second-order valence-corrected chi connectivity index (χ2v) is 4.35. The fourth-order valence-corrected chi connectivity index (χ4v) is 1.97. The lowest BCUT2D eigenvalue weighted by Crippen LogP contribution is -2.14. The highest BCUT2D eigenvalue weighted by Gasteiger charge is 2.14. The molecule has 0 bridgehead atoms. The molecule has 4 heteroatoms. The van der Waals surface area contributed by atoms with Crippen LogP contribution in [0.15, 0.2) is 12.3 Å². The quantitative estimate of drug-likeness (QED) is 0.568. The van der Waals surface area contributed by atoms with Gasteiger partial charge in [-0.05, 0) is 12.2 Å². The van der Waals surface area contributed by atoms with E-state index in [-0.39, 0.29) is 5.44 Å². The van der Waals surface area contributed by atoms with Crippen molar-refractivity contribution in [3.05, 3.63) is 12.3 Å². The second-order valence-electron chi connectivity index (χ2n) is 2.52. The Morgan fingerprint density at radius 1 is 1.75 bits per heavy atom. The van der Waals surface area contributed by atoms with Crippen molar-refractivity contribution in [1.29, 1.82) is 0 Å². The maximum Gasteiger partial charge on any atom is 0.167 e. The van der Waals surface area contributed by atoms with Gasteiger partial charge in [0.05, 0.1) is 11.9 Å². The average molecular weight is 253 g/mol. The molecular formula is C8H13BrO2S. The van der Waals surface area contributed by atoms with Crippen molar-refractivity contribution < 1.29 is 9.47 Å². The molecule has 1 heterocycles. The van der Waals surface area contributed by atoms with E-state index in [0.29, 0.717) is 11.9 Å². The fraction of sp³-hybridized carbons (Fsp3) is 0.750. The van der Waals surface area contributed by atoms with E-state index >= 15 is 0 Å². The Morgan fingerprint density at radius 3 is 3.33 bits per heavy atom. The molecule has 0 spiro atoms. The third-order valence-corrected chi connectivity index (χ3v) is 3.19. The summed E-state index contributed by atoms with van der Waals surface area (Å²) in [6.07, 6.45) is 1.12. The molecule has 1 unspecified atom stereocenters. The lowest BCUT2D eigenvalue weighted by atomic mass is 10.5. The van der Waals surface area contributed by atoms with Crippen molar-refractivity contribution in [3.8, 4) is 0 Å². The molecule has 1 aliphatic rings. The average Bonchev–Trinajstić information content (AvgIpc) is 2.33. The molecule has 0 aromatic rings. The number of hydrogen-bond acceptors (Lipinski definition) is 3. The van der Waals surface area contributed by atoms with Gasteiger partial charge in [0.2, 0.25) is 0 Å². The fourth-order valence-electron chi connectivity index (χ4n) is 0.889. The van der Waals surface area contributed by atoms with Crippen LogP contribution in [-0.2, 0) is 9.47 Å². The summed E-state index contributed by atoms with van der Waals surface area (Å²) in [4.78, 5) is 0. The summed E-state index contributed by atoms with van der Waals surface area (Å²) < 4.78 is 10.9. The van der Waals surface area contributed by atoms with E-state index in [0.717, 1.165) is 24.5 Å². The van der Waals surface area contributed by atoms with E-state index in [1.165, 1.54) is 0 Å². The summed E-state index contributed by atoms with van der Waals surface area (Å²) in [5, 5.41) is 0.698. The van der Waals surface area contributed by atoms with Crippen LogP contribution in [0, 0.1) is 0 Å². The Labute approximate surface area is 85.8 Å². The van der Waals surface area contributed by atoms with E-state index < -0.39 is 0 Å². The van der Waals surface area contributed by atoms with Gasteiger partial charge < -0.3 is 9.47 Å². The summed E-state index contributed by atoms with van der Waals surface area (Å²) >= 11 is 5.09. The normalized spacial score (nSPS) is 24.6. The topological polar surface area (TPSA) is 18.5 Å². The Kier molecular flexibility index (Phi) is 5.11. The molecule has 1 saturated heterocycles. The molecule has 2 nitrogen and oxygen atoms in total. The van der Waals surface area contributed by atoms with Gasteiger partial charge in [0.1, 0.15) is 5.76 Å². The first kappa shape index (κ1) is 10.4. The Balaban J connectivity index is 2.24. The summed E-state index contributed by atoms with van der Waals surface area (Å²) in [6.45, 7) is 5.29. The minimum atomic E-state index is 0.137. The van der Waals surface area contributed by atoms with Crippen LogP contribution in [0.1, 0.15) is 6.42 Å². The standard InChI is InChI=1S/C8H13BrO2S/c1-7(5-9)11-8-6-10-3-2-4-12-8/h8H,1-6H2. The smallest absolute Gasteiger partial charge is 0.167 e. The van der Waals surface area contributed by atoms with E-state index in [9.17, 15) is 0 Å². The predicted octanol–water partition coefficient (Wildman–Crippen LogP) is 2.39. The van der Waals surface area contributed by atoms with Crippen molar-refractivity contribution in [3.63, 3.8) is 0 Å². The summed E-state index contributed by atoms with van der Waals surface area (Å²) in [7, 11) is 0. The number of allylic oxidation sites excluding steroid dienone is 1. The minimum Gasteiger partial charge on any atom is -0.481 e. The monoisotopic (exact) mass is 252 g/mol. The van der Waals surface area contributed by atoms with Crippen LogP contribution in [0.25, 0.3) is 0 Å². The van der Waals surface area contributed by atoms with E-state index in [1.807, 2.05) is 0 Å². The van der Waals surface area contributed by atoms with Crippen molar-refractivity contribution >= 4 is 27.7 Å². The first-order chi connectivity index (χ1) is 5.83. The molecule has 0 aromatic heterocycles. The van der Waals surface area contributed by atoms with Gasteiger partial charge in [0, 0.05) is 6.61 Å². The molecule has 0 saturated carbocycles. The Hall–Kier alpha value is 0.330. The zero-order valence-corrected chi connectivity index (χ0v) is 9.33. The summed E-state index contributed by atoms with van der Waals surface area (Å²) in [6, 6.07) is 0. The van der Waals surface area contributed by atoms with Gasteiger partial charge in [0.15, 0.2) is 5.44 Å². The van der Waals surface area contributed by atoms with Gasteiger partial charge in [-0.25, -0.2) is 0 Å². The van der Waals surface area contributed by atoms with Gasteiger partial charge in [0.25, 0.3) is 0 Å². The second kappa shape index (κ2) is 5.89. The van der Waals surface area contributed by atoms with Crippen molar-refractivity contribution in [2.45, 2.75) is 11.9 Å².